The van der Waals surface area contributed by atoms with Crippen molar-refractivity contribution in [3.63, 3.8) is 0 Å². The van der Waals surface area contributed by atoms with Crippen molar-refractivity contribution in [2.24, 2.45) is 5.92 Å². The molecule has 2 saturated heterocycles. The Morgan fingerprint density at radius 2 is 1.74 bits per heavy atom. The number of anilines is 1. The van der Waals surface area contributed by atoms with Crippen molar-refractivity contribution in [1.82, 2.24) is 19.6 Å². The highest BCUT2D eigenvalue weighted by Crippen LogP contribution is 2.32. The van der Waals surface area contributed by atoms with Crippen LogP contribution in [-0.4, -0.2) is 71.8 Å². The number of amides is 1. The molecule has 1 atom stereocenters. The van der Waals surface area contributed by atoms with Crippen molar-refractivity contribution in [2.45, 2.75) is 64.8 Å². The highest BCUT2D eigenvalue weighted by molar-refractivity contribution is 5.94. The van der Waals surface area contributed by atoms with E-state index >= 15 is 0 Å². The Morgan fingerprint density at radius 1 is 1.00 bits per heavy atom. The second kappa shape index (κ2) is 10.5. The first kappa shape index (κ1) is 23.4. The van der Waals surface area contributed by atoms with Crippen LogP contribution in [0.2, 0.25) is 0 Å². The van der Waals surface area contributed by atoms with Crippen molar-refractivity contribution in [3.05, 3.63) is 46.8 Å². The van der Waals surface area contributed by atoms with Crippen LogP contribution in [0.3, 0.4) is 0 Å². The van der Waals surface area contributed by atoms with Crippen LogP contribution in [0, 0.1) is 5.92 Å². The lowest BCUT2D eigenvalue weighted by molar-refractivity contribution is 0.0716. The number of benzene rings is 1. The van der Waals surface area contributed by atoms with Crippen molar-refractivity contribution >= 4 is 11.6 Å². The van der Waals surface area contributed by atoms with Crippen LogP contribution in [0.5, 0.6) is 0 Å². The zero-order valence-electron chi connectivity index (χ0n) is 21.1. The van der Waals surface area contributed by atoms with E-state index < -0.39 is 0 Å². The Bertz CT molecular complexity index is 967. The molecule has 6 heteroatoms. The number of likely N-dealkylation sites (tertiary alicyclic amines) is 1. The van der Waals surface area contributed by atoms with Crippen molar-refractivity contribution in [2.75, 3.05) is 51.2 Å². The summed E-state index contributed by atoms with van der Waals surface area (Å²) in [4.78, 5) is 20.3. The van der Waals surface area contributed by atoms with Gasteiger partial charge < -0.3 is 14.7 Å². The second-order valence-corrected chi connectivity index (χ2v) is 10.6. The number of nitrogens with zero attached hydrogens (tertiary/aromatic N) is 5. The number of piperidine rings is 1. The fourth-order valence-corrected chi connectivity index (χ4v) is 5.99. The molecule has 3 aliphatic rings. The number of likely N-dealkylation sites (N-methyl/N-ethyl adjacent to an activating group) is 1. The Balaban J connectivity index is 1.28. The fourth-order valence-electron chi connectivity index (χ4n) is 5.99. The summed E-state index contributed by atoms with van der Waals surface area (Å²) in [6, 6.07) is 9.26. The predicted molar refractivity (Wildman–Crippen MR) is 138 cm³/mol. The molecule has 34 heavy (non-hydrogen) atoms. The van der Waals surface area contributed by atoms with Crippen molar-refractivity contribution in [3.8, 4) is 0 Å². The zero-order chi connectivity index (χ0) is 23.5. The smallest absolute Gasteiger partial charge is 0.274 e. The molecule has 2 aromatic rings. The van der Waals surface area contributed by atoms with Crippen LogP contribution in [0.15, 0.2) is 24.3 Å². The van der Waals surface area contributed by atoms with E-state index in [1.54, 1.807) is 0 Å². The second-order valence-electron chi connectivity index (χ2n) is 10.6. The van der Waals surface area contributed by atoms with Gasteiger partial charge in [0.05, 0.1) is 0 Å². The standard InChI is InChI=1S/C28H41N5O/c1-3-13-33-26-12-9-23(21-25(26)27(29-33)28(34)32-14-5-4-6-15-32)20-22-7-10-24(11-8-22)31-18-16-30(2)17-19-31/h7-8,10-11,23H,3-6,9,12-21H2,1-2H3. The molecule has 2 fully saturated rings. The van der Waals surface area contributed by atoms with Gasteiger partial charge in [-0.1, -0.05) is 19.1 Å². The number of hydrogen-bond acceptors (Lipinski definition) is 4. The number of carbonyl (C=O) groups excluding carboxylic acids is 1. The number of aromatic nitrogens is 2. The summed E-state index contributed by atoms with van der Waals surface area (Å²) in [7, 11) is 2.20. The maximum Gasteiger partial charge on any atom is 0.274 e. The van der Waals surface area contributed by atoms with Gasteiger partial charge in [0, 0.05) is 62.8 Å². The maximum atomic E-state index is 13.4. The highest BCUT2D eigenvalue weighted by Gasteiger charge is 2.31. The Hall–Kier alpha value is -2.34. The summed E-state index contributed by atoms with van der Waals surface area (Å²) in [5.74, 6) is 0.747. The summed E-state index contributed by atoms with van der Waals surface area (Å²) >= 11 is 0. The first-order chi connectivity index (χ1) is 16.6. The van der Waals surface area contributed by atoms with Crippen molar-refractivity contribution < 1.29 is 4.79 Å². The summed E-state index contributed by atoms with van der Waals surface area (Å²) in [6.45, 7) is 9.36. The molecule has 2 aliphatic heterocycles. The molecule has 1 aromatic carbocycles. The third-order valence-corrected chi connectivity index (χ3v) is 8.06. The Labute approximate surface area is 204 Å². The van der Waals surface area contributed by atoms with Crippen LogP contribution in [0.1, 0.15) is 66.3 Å². The monoisotopic (exact) mass is 463 g/mol. The minimum Gasteiger partial charge on any atom is -0.369 e. The van der Waals surface area contributed by atoms with E-state index in [4.69, 9.17) is 5.10 Å². The molecule has 0 spiro atoms. The van der Waals surface area contributed by atoms with Gasteiger partial charge in [-0.3, -0.25) is 9.48 Å². The summed E-state index contributed by atoms with van der Waals surface area (Å²) < 4.78 is 2.15. The van der Waals surface area contributed by atoms with E-state index in [1.807, 2.05) is 4.90 Å². The minimum atomic E-state index is 0.169. The van der Waals surface area contributed by atoms with Gasteiger partial charge in [0.1, 0.15) is 0 Å². The van der Waals surface area contributed by atoms with Crippen LogP contribution in [-0.2, 0) is 25.8 Å². The number of hydrogen-bond donors (Lipinski definition) is 0. The molecule has 3 heterocycles. The fraction of sp³-hybridized carbons (Fsp3) is 0.643. The topological polar surface area (TPSA) is 44.6 Å². The minimum absolute atomic E-state index is 0.169. The molecule has 0 N–H and O–H groups in total. The Morgan fingerprint density at radius 3 is 2.44 bits per heavy atom. The molecule has 1 aromatic heterocycles. The van der Waals surface area contributed by atoms with E-state index in [-0.39, 0.29) is 5.91 Å². The van der Waals surface area contributed by atoms with Gasteiger partial charge in [-0.05, 0) is 82.0 Å². The third-order valence-electron chi connectivity index (χ3n) is 8.06. The van der Waals surface area contributed by atoms with Gasteiger partial charge >= 0.3 is 0 Å². The summed E-state index contributed by atoms with van der Waals surface area (Å²) in [6.07, 6.45) is 8.82. The van der Waals surface area contributed by atoms with Gasteiger partial charge in [0.25, 0.3) is 5.91 Å². The van der Waals surface area contributed by atoms with Crippen molar-refractivity contribution in [1.29, 1.82) is 0 Å². The number of rotatable bonds is 6. The molecule has 1 amide bonds. The molecule has 0 saturated carbocycles. The molecular formula is C28H41N5O. The van der Waals surface area contributed by atoms with Gasteiger partial charge in [0.15, 0.2) is 5.69 Å². The SMILES string of the molecule is CCCn1nc(C(=O)N2CCCCC2)c2c1CCC(Cc1ccc(N3CCN(C)CC3)cc1)C2. The molecule has 5 rings (SSSR count). The molecule has 184 valence electrons. The van der Waals surface area contributed by atoms with E-state index in [0.29, 0.717) is 5.92 Å². The van der Waals surface area contributed by atoms with E-state index in [2.05, 4.69) is 52.7 Å². The Kier molecular flexibility index (Phi) is 7.23. The lowest BCUT2D eigenvalue weighted by Crippen LogP contribution is -2.44. The van der Waals surface area contributed by atoms with Crippen LogP contribution in [0.4, 0.5) is 5.69 Å². The largest absolute Gasteiger partial charge is 0.369 e. The molecule has 0 bridgehead atoms. The summed E-state index contributed by atoms with van der Waals surface area (Å²) in [5.41, 5.74) is 6.08. The first-order valence-corrected chi connectivity index (χ1v) is 13.5. The lowest BCUT2D eigenvalue weighted by atomic mass is 9.82. The van der Waals surface area contributed by atoms with Crippen LogP contribution >= 0.6 is 0 Å². The third kappa shape index (κ3) is 5.02. The van der Waals surface area contributed by atoms with Gasteiger partial charge in [0.2, 0.25) is 0 Å². The van der Waals surface area contributed by atoms with E-state index in [1.165, 1.54) is 35.3 Å². The van der Waals surface area contributed by atoms with Gasteiger partial charge in [-0.15, -0.1) is 0 Å². The lowest BCUT2D eigenvalue weighted by Gasteiger charge is -2.34. The van der Waals surface area contributed by atoms with Crippen LogP contribution < -0.4 is 4.90 Å². The maximum absolute atomic E-state index is 13.4. The van der Waals surface area contributed by atoms with Gasteiger partial charge in [-0.2, -0.15) is 5.10 Å². The normalized spacial score (nSPS) is 21.5. The van der Waals surface area contributed by atoms with Gasteiger partial charge in [-0.25, -0.2) is 0 Å². The quantitative estimate of drug-likeness (QED) is 0.649. The predicted octanol–water partition coefficient (Wildman–Crippen LogP) is 4.02. The average Bonchev–Trinajstić information content (AvgIpc) is 3.23. The van der Waals surface area contributed by atoms with Crippen LogP contribution in [0.25, 0.3) is 0 Å². The zero-order valence-corrected chi connectivity index (χ0v) is 21.1. The average molecular weight is 464 g/mol. The molecule has 1 aliphatic carbocycles. The highest BCUT2D eigenvalue weighted by atomic mass is 16.2. The summed E-state index contributed by atoms with van der Waals surface area (Å²) in [5, 5.41) is 4.88. The van der Waals surface area contributed by atoms with E-state index in [9.17, 15) is 4.79 Å². The molecular weight excluding hydrogens is 422 g/mol. The number of aryl methyl sites for hydroxylation is 1. The molecule has 0 radical (unpaired) electrons. The number of fused-ring (bicyclic) bond motifs is 1. The molecule has 1 unspecified atom stereocenters. The first-order valence-electron chi connectivity index (χ1n) is 13.5. The van der Waals surface area contributed by atoms with E-state index in [0.717, 1.165) is 90.0 Å². The number of piperazine rings is 1. The molecule has 6 nitrogen and oxygen atoms in total. The number of carbonyl (C=O) groups is 1.